The van der Waals surface area contributed by atoms with Gasteiger partial charge in [-0.05, 0) is 37.5 Å². The van der Waals surface area contributed by atoms with Crippen LogP contribution in [0.4, 0.5) is 0 Å². The molecule has 0 aromatic heterocycles. The van der Waals surface area contributed by atoms with Gasteiger partial charge in [-0.25, -0.2) is 8.42 Å². The molecule has 1 fully saturated rings. The van der Waals surface area contributed by atoms with Gasteiger partial charge in [-0.3, -0.25) is 0 Å². The largest absolute Gasteiger partial charge is 0.243 e. The second kappa shape index (κ2) is 6.38. The van der Waals surface area contributed by atoms with E-state index < -0.39 is 10.0 Å². The molecule has 2 rings (SSSR count). The first kappa shape index (κ1) is 15.0. The molecule has 108 valence electrons. The summed E-state index contributed by atoms with van der Waals surface area (Å²) in [5.74, 6) is 0. The topological polar surface area (TPSA) is 61.2 Å². The molecule has 20 heavy (non-hydrogen) atoms. The van der Waals surface area contributed by atoms with Gasteiger partial charge in [-0.2, -0.15) is 9.57 Å². The van der Waals surface area contributed by atoms with Crippen molar-refractivity contribution in [2.24, 2.45) is 0 Å². The second-order valence-electron chi connectivity index (χ2n) is 5.17. The summed E-state index contributed by atoms with van der Waals surface area (Å²) < 4.78 is 27.2. The lowest BCUT2D eigenvalue weighted by molar-refractivity contribution is 0.315. The average molecular weight is 292 g/mol. The summed E-state index contributed by atoms with van der Waals surface area (Å²) >= 11 is 0. The van der Waals surface area contributed by atoms with Crippen LogP contribution in [-0.4, -0.2) is 25.3 Å². The zero-order valence-corrected chi connectivity index (χ0v) is 12.6. The minimum absolute atomic E-state index is 0.0771. The molecule has 0 spiro atoms. The Bertz CT molecular complexity index is 605. The number of nitriles is 1. The lowest BCUT2D eigenvalue weighted by Crippen LogP contribution is -2.39. The Labute approximate surface area is 121 Å². The van der Waals surface area contributed by atoms with Gasteiger partial charge in [-0.1, -0.05) is 25.8 Å². The third-order valence-corrected chi connectivity index (χ3v) is 5.81. The van der Waals surface area contributed by atoms with E-state index in [0.717, 1.165) is 32.1 Å². The molecule has 1 aromatic carbocycles. The Morgan fingerprint density at radius 2 is 2.15 bits per heavy atom. The molecule has 4 nitrogen and oxygen atoms in total. The van der Waals surface area contributed by atoms with Crippen LogP contribution >= 0.6 is 0 Å². The van der Waals surface area contributed by atoms with Crippen molar-refractivity contribution >= 4 is 10.0 Å². The summed E-state index contributed by atoms with van der Waals surface area (Å²) in [5.41, 5.74) is 0.383. The van der Waals surface area contributed by atoms with Gasteiger partial charge in [0.1, 0.15) is 0 Å². The first-order valence-corrected chi connectivity index (χ1v) is 8.55. The number of hydrogen-bond acceptors (Lipinski definition) is 3. The van der Waals surface area contributed by atoms with E-state index in [-0.39, 0.29) is 10.9 Å². The molecule has 1 atom stereocenters. The fraction of sp³-hybridized carbons (Fsp3) is 0.533. The van der Waals surface area contributed by atoms with E-state index >= 15 is 0 Å². The molecule has 1 heterocycles. The highest BCUT2D eigenvalue weighted by atomic mass is 32.2. The predicted octanol–water partition coefficient (Wildman–Crippen LogP) is 2.90. The van der Waals surface area contributed by atoms with Crippen molar-refractivity contribution < 1.29 is 8.42 Å². The number of benzene rings is 1. The maximum atomic E-state index is 12.8. The van der Waals surface area contributed by atoms with E-state index in [2.05, 4.69) is 0 Å². The summed E-state index contributed by atoms with van der Waals surface area (Å²) in [6.45, 7) is 2.61. The van der Waals surface area contributed by atoms with E-state index in [9.17, 15) is 8.42 Å². The van der Waals surface area contributed by atoms with Crippen molar-refractivity contribution in [3.8, 4) is 6.07 Å². The van der Waals surface area contributed by atoms with Gasteiger partial charge in [-0.15, -0.1) is 0 Å². The molecule has 5 heteroatoms. The normalized spacial score (nSPS) is 21.1. The van der Waals surface area contributed by atoms with Crippen LogP contribution in [-0.2, 0) is 10.0 Å². The summed E-state index contributed by atoms with van der Waals surface area (Å²) in [7, 11) is -3.50. The van der Waals surface area contributed by atoms with Crippen molar-refractivity contribution in [3.05, 3.63) is 29.8 Å². The molecular formula is C15H20N2O2S. The zero-order valence-electron chi connectivity index (χ0n) is 11.7. The molecule has 1 aromatic rings. The third kappa shape index (κ3) is 3.02. The van der Waals surface area contributed by atoms with E-state index in [4.69, 9.17) is 5.26 Å². The smallest absolute Gasteiger partial charge is 0.207 e. The zero-order chi connectivity index (χ0) is 14.6. The standard InChI is InChI=1S/C15H20N2O2S/c1-2-14-8-4-3-5-10-17(14)20(18,19)15-9-6-7-13(11-15)12-16/h6-7,9,11,14H,2-5,8,10H2,1H3. The van der Waals surface area contributed by atoms with Gasteiger partial charge in [0.05, 0.1) is 16.5 Å². The minimum Gasteiger partial charge on any atom is -0.207 e. The number of hydrogen-bond donors (Lipinski definition) is 0. The average Bonchev–Trinajstić information content (AvgIpc) is 2.72. The highest BCUT2D eigenvalue weighted by Gasteiger charge is 2.31. The molecule has 0 aliphatic carbocycles. The first-order valence-electron chi connectivity index (χ1n) is 7.11. The molecule has 0 bridgehead atoms. The van der Waals surface area contributed by atoms with Crippen LogP contribution in [0.15, 0.2) is 29.2 Å². The van der Waals surface area contributed by atoms with Crippen molar-refractivity contribution in [3.63, 3.8) is 0 Å². The molecule has 1 unspecified atom stereocenters. The number of nitrogens with zero attached hydrogens (tertiary/aromatic N) is 2. The molecule has 0 saturated carbocycles. The second-order valence-corrected chi connectivity index (χ2v) is 7.06. The van der Waals surface area contributed by atoms with Crippen LogP contribution in [0.3, 0.4) is 0 Å². The maximum Gasteiger partial charge on any atom is 0.243 e. The molecule has 1 aliphatic heterocycles. The lowest BCUT2D eigenvalue weighted by Gasteiger charge is -2.28. The van der Waals surface area contributed by atoms with E-state index in [1.165, 1.54) is 6.07 Å². The van der Waals surface area contributed by atoms with Crippen LogP contribution in [0.1, 0.15) is 44.6 Å². The lowest BCUT2D eigenvalue weighted by atomic mass is 10.1. The molecular weight excluding hydrogens is 272 g/mol. The SMILES string of the molecule is CCC1CCCCCN1S(=O)(=O)c1cccc(C#N)c1. The van der Waals surface area contributed by atoms with Gasteiger partial charge in [0, 0.05) is 12.6 Å². The van der Waals surface area contributed by atoms with Crippen molar-refractivity contribution in [1.29, 1.82) is 5.26 Å². The van der Waals surface area contributed by atoms with Crippen LogP contribution in [0.5, 0.6) is 0 Å². The Morgan fingerprint density at radius 3 is 2.85 bits per heavy atom. The highest BCUT2D eigenvalue weighted by molar-refractivity contribution is 7.89. The Balaban J connectivity index is 2.39. The van der Waals surface area contributed by atoms with Gasteiger partial charge in [0.2, 0.25) is 10.0 Å². The van der Waals surface area contributed by atoms with Gasteiger partial charge in [0.15, 0.2) is 0 Å². The van der Waals surface area contributed by atoms with Crippen LogP contribution < -0.4 is 0 Å². The Morgan fingerprint density at radius 1 is 1.35 bits per heavy atom. The quantitative estimate of drug-likeness (QED) is 0.860. The molecule has 0 amide bonds. The predicted molar refractivity (Wildman–Crippen MR) is 77.6 cm³/mol. The van der Waals surface area contributed by atoms with E-state index in [1.807, 2.05) is 13.0 Å². The van der Waals surface area contributed by atoms with Crippen molar-refractivity contribution in [1.82, 2.24) is 4.31 Å². The first-order chi connectivity index (χ1) is 9.59. The van der Waals surface area contributed by atoms with E-state index in [0.29, 0.717) is 12.1 Å². The fourth-order valence-corrected chi connectivity index (χ4v) is 4.55. The molecule has 1 saturated heterocycles. The van der Waals surface area contributed by atoms with Gasteiger partial charge < -0.3 is 0 Å². The third-order valence-electron chi connectivity index (χ3n) is 3.86. The highest BCUT2D eigenvalue weighted by Crippen LogP contribution is 2.26. The monoisotopic (exact) mass is 292 g/mol. The van der Waals surface area contributed by atoms with Crippen molar-refractivity contribution in [2.45, 2.75) is 50.0 Å². The van der Waals surface area contributed by atoms with Crippen LogP contribution in [0, 0.1) is 11.3 Å². The molecule has 1 aliphatic rings. The Hall–Kier alpha value is -1.38. The summed E-state index contributed by atoms with van der Waals surface area (Å²) in [4.78, 5) is 0.233. The molecule has 0 N–H and O–H groups in total. The Kier molecular flexibility index (Phi) is 4.79. The van der Waals surface area contributed by atoms with Crippen molar-refractivity contribution in [2.75, 3.05) is 6.54 Å². The molecule has 0 radical (unpaired) electrons. The minimum atomic E-state index is -3.50. The summed E-state index contributed by atoms with van der Waals surface area (Å²) in [6.07, 6.45) is 4.84. The maximum absolute atomic E-state index is 12.8. The number of sulfonamides is 1. The van der Waals surface area contributed by atoms with Crippen LogP contribution in [0.2, 0.25) is 0 Å². The fourth-order valence-electron chi connectivity index (χ4n) is 2.74. The van der Waals surface area contributed by atoms with Gasteiger partial charge in [0.25, 0.3) is 0 Å². The van der Waals surface area contributed by atoms with Crippen LogP contribution in [0.25, 0.3) is 0 Å². The van der Waals surface area contributed by atoms with E-state index in [1.54, 1.807) is 22.5 Å². The number of rotatable bonds is 3. The summed E-state index contributed by atoms with van der Waals surface area (Å²) in [6, 6.07) is 8.37. The van der Waals surface area contributed by atoms with Gasteiger partial charge >= 0.3 is 0 Å². The summed E-state index contributed by atoms with van der Waals surface area (Å²) in [5, 5.41) is 8.92.